The van der Waals surface area contributed by atoms with E-state index in [1.165, 1.54) is 10.9 Å². The number of amides is 1. The van der Waals surface area contributed by atoms with E-state index in [9.17, 15) is 9.90 Å². The Morgan fingerprint density at radius 2 is 1.81 bits per heavy atom. The Bertz CT molecular complexity index is 1080. The van der Waals surface area contributed by atoms with E-state index in [-0.39, 0.29) is 23.4 Å². The lowest BCUT2D eigenvalue weighted by Crippen LogP contribution is -2.13. The molecule has 0 aliphatic carbocycles. The number of aromatic hydroxyl groups is 1. The molecule has 0 spiro atoms. The number of hydrogen-bond donors (Lipinski definition) is 2. The molecule has 2 heterocycles. The van der Waals surface area contributed by atoms with Gasteiger partial charge < -0.3 is 10.4 Å². The Kier molecular flexibility index (Phi) is 4.32. The Morgan fingerprint density at radius 3 is 2.56 bits per heavy atom. The van der Waals surface area contributed by atoms with Crippen LogP contribution >= 0.6 is 0 Å². The van der Waals surface area contributed by atoms with Crippen LogP contribution in [-0.4, -0.2) is 30.8 Å². The van der Waals surface area contributed by atoms with Crippen LogP contribution in [0.2, 0.25) is 0 Å². The summed E-state index contributed by atoms with van der Waals surface area (Å²) >= 11 is 0. The second-order valence-corrected chi connectivity index (χ2v) is 5.76. The lowest BCUT2D eigenvalue weighted by atomic mass is 10.0. The number of nitrogens with zero attached hydrogens (tertiary/aromatic N) is 4. The highest BCUT2D eigenvalue weighted by molar-refractivity contribution is 6.05. The van der Waals surface area contributed by atoms with E-state index >= 15 is 0 Å². The van der Waals surface area contributed by atoms with Crippen LogP contribution in [-0.2, 0) is 0 Å². The van der Waals surface area contributed by atoms with Crippen molar-refractivity contribution in [3.63, 3.8) is 0 Å². The zero-order valence-electron chi connectivity index (χ0n) is 14.1. The first kappa shape index (κ1) is 16.5. The van der Waals surface area contributed by atoms with Gasteiger partial charge in [0, 0.05) is 18.0 Å². The third kappa shape index (κ3) is 3.52. The number of carbonyl (C=O) groups is 1. The van der Waals surface area contributed by atoms with Gasteiger partial charge in [-0.2, -0.15) is 10.1 Å². The number of benzene rings is 2. The van der Waals surface area contributed by atoms with Crippen molar-refractivity contribution in [1.29, 1.82) is 0 Å². The summed E-state index contributed by atoms with van der Waals surface area (Å²) in [5.41, 5.74) is 2.53. The van der Waals surface area contributed by atoms with Gasteiger partial charge in [0.2, 0.25) is 5.88 Å². The largest absolute Gasteiger partial charge is 0.492 e. The summed E-state index contributed by atoms with van der Waals surface area (Å²) in [6.07, 6.45) is 4.58. The monoisotopic (exact) mass is 357 g/mol. The van der Waals surface area contributed by atoms with Gasteiger partial charge in [0.05, 0.1) is 6.20 Å². The molecule has 7 heteroatoms. The highest BCUT2D eigenvalue weighted by atomic mass is 16.3. The summed E-state index contributed by atoms with van der Waals surface area (Å²) < 4.78 is 1.41. The van der Waals surface area contributed by atoms with Crippen molar-refractivity contribution in [1.82, 2.24) is 19.7 Å². The lowest BCUT2D eigenvalue weighted by molar-refractivity contribution is 0.102. The molecular weight excluding hydrogens is 342 g/mol. The van der Waals surface area contributed by atoms with Gasteiger partial charge in [0.15, 0.2) is 0 Å². The van der Waals surface area contributed by atoms with Crippen molar-refractivity contribution in [2.75, 3.05) is 5.32 Å². The number of hydrogen-bond acceptors (Lipinski definition) is 5. The molecule has 4 rings (SSSR count). The van der Waals surface area contributed by atoms with Crippen molar-refractivity contribution in [3.05, 3.63) is 84.8 Å². The maximum absolute atomic E-state index is 12.6. The Hall–Kier alpha value is -4.00. The minimum Gasteiger partial charge on any atom is -0.492 e. The van der Waals surface area contributed by atoms with Crippen LogP contribution < -0.4 is 5.32 Å². The van der Waals surface area contributed by atoms with Crippen LogP contribution in [0.4, 0.5) is 5.69 Å². The first-order valence-corrected chi connectivity index (χ1v) is 8.23. The molecule has 0 aliphatic heterocycles. The van der Waals surface area contributed by atoms with E-state index in [1.54, 1.807) is 30.6 Å². The molecule has 7 nitrogen and oxygen atoms in total. The molecule has 0 aliphatic rings. The highest BCUT2D eigenvalue weighted by Gasteiger charge is 2.13. The minimum atomic E-state index is -0.362. The van der Waals surface area contributed by atoms with Gasteiger partial charge >= 0.3 is 0 Å². The van der Waals surface area contributed by atoms with Gasteiger partial charge in [-0.25, -0.2) is 9.67 Å². The van der Waals surface area contributed by atoms with Gasteiger partial charge in [-0.1, -0.05) is 42.5 Å². The zero-order chi connectivity index (χ0) is 18.6. The van der Waals surface area contributed by atoms with Crippen molar-refractivity contribution >= 4 is 11.6 Å². The van der Waals surface area contributed by atoms with Crippen molar-refractivity contribution < 1.29 is 9.90 Å². The first-order valence-electron chi connectivity index (χ1n) is 8.23. The molecule has 0 radical (unpaired) electrons. The van der Waals surface area contributed by atoms with Crippen molar-refractivity contribution in [2.24, 2.45) is 0 Å². The van der Waals surface area contributed by atoms with Crippen LogP contribution in [0, 0.1) is 0 Å². The third-order valence-electron chi connectivity index (χ3n) is 3.95. The SMILES string of the molecule is O=C(Nc1cnc(-n2cccn2)nc1O)c1cccc(-c2ccccc2)c1. The molecule has 1 amide bonds. The second kappa shape index (κ2) is 7.09. The Labute approximate surface area is 155 Å². The number of anilines is 1. The van der Waals surface area contributed by atoms with Gasteiger partial charge in [0.25, 0.3) is 11.9 Å². The molecule has 0 unspecified atom stereocenters. The molecule has 0 fully saturated rings. The first-order chi connectivity index (χ1) is 13.2. The molecule has 0 saturated heterocycles. The summed E-state index contributed by atoms with van der Waals surface area (Å²) in [5, 5.41) is 16.7. The average Bonchev–Trinajstić information content (AvgIpc) is 3.25. The molecule has 0 atom stereocenters. The maximum Gasteiger partial charge on any atom is 0.255 e. The minimum absolute atomic E-state index is 0.126. The topological polar surface area (TPSA) is 92.9 Å². The van der Waals surface area contributed by atoms with E-state index in [4.69, 9.17) is 0 Å². The van der Waals surface area contributed by atoms with Gasteiger partial charge in [-0.15, -0.1) is 0 Å². The van der Waals surface area contributed by atoms with Crippen LogP contribution in [0.25, 0.3) is 17.1 Å². The van der Waals surface area contributed by atoms with Crippen LogP contribution in [0.5, 0.6) is 5.88 Å². The fourth-order valence-electron chi connectivity index (χ4n) is 2.61. The summed E-state index contributed by atoms with van der Waals surface area (Å²) in [6, 6.07) is 18.7. The average molecular weight is 357 g/mol. The fourth-order valence-corrected chi connectivity index (χ4v) is 2.61. The number of carbonyl (C=O) groups excluding carboxylic acids is 1. The molecule has 4 aromatic rings. The number of nitrogens with one attached hydrogen (secondary N) is 1. The van der Waals surface area contributed by atoms with Crippen LogP contribution in [0.15, 0.2) is 79.3 Å². The molecule has 27 heavy (non-hydrogen) atoms. The van der Waals surface area contributed by atoms with Gasteiger partial charge in [0.1, 0.15) is 5.69 Å². The molecule has 0 bridgehead atoms. The Morgan fingerprint density at radius 1 is 1.00 bits per heavy atom. The lowest BCUT2D eigenvalue weighted by Gasteiger charge is -2.09. The maximum atomic E-state index is 12.6. The summed E-state index contributed by atoms with van der Waals surface area (Å²) in [5.74, 6) is -0.483. The van der Waals surface area contributed by atoms with E-state index in [0.29, 0.717) is 5.56 Å². The molecular formula is C20H15N5O2. The third-order valence-corrected chi connectivity index (χ3v) is 3.95. The van der Waals surface area contributed by atoms with E-state index in [1.807, 2.05) is 42.5 Å². The van der Waals surface area contributed by atoms with Gasteiger partial charge in [-0.3, -0.25) is 4.79 Å². The number of aromatic nitrogens is 4. The standard InChI is InChI=1S/C20H15N5O2/c26-18(16-9-4-8-15(12-16)14-6-2-1-3-7-14)23-17-13-21-20(24-19(17)27)25-11-5-10-22-25/h1-13H,(H,23,26)(H,21,24,27). The quantitative estimate of drug-likeness (QED) is 0.585. The van der Waals surface area contributed by atoms with Crippen molar-refractivity contribution in [2.45, 2.75) is 0 Å². The predicted octanol–water partition coefficient (Wildman–Crippen LogP) is 3.29. The zero-order valence-corrected chi connectivity index (χ0v) is 14.1. The van der Waals surface area contributed by atoms with E-state index < -0.39 is 0 Å². The fraction of sp³-hybridized carbons (Fsp3) is 0. The summed E-state index contributed by atoms with van der Waals surface area (Å²) in [7, 11) is 0. The van der Waals surface area contributed by atoms with Crippen molar-refractivity contribution in [3.8, 4) is 23.0 Å². The smallest absolute Gasteiger partial charge is 0.255 e. The molecule has 2 aromatic heterocycles. The number of rotatable bonds is 4. The summed E-state index contributed by atoms with van der Waals surface area (Å²) in [6.45, 7) is 0. The van der Waals surface area contributed by atoms with Gasteiger partial charge in [-0.05, 0) is 29.3 Å². The summed E-state index contributed by atoms with van der Waals surface area (Å²) in [4.78, 5) is 20.6. The molecule has 132 valence electrons. The molecule has 0 saturated carbocycles. The molecule has 2 N–H and O–H groups in total. The van der Waals surface area contributed by atoms with Crippen LogP contribution in [0.1, 0.15) is 10.4 Å². The van der Waals surface area contributed by atoms with Crippen LogP contribution in [0.3, 0.4) is 0 Å². The van der Waals surface area contributed by atoms with E-state index in [2.05, 4.69) is 20.4 Å². The molecule has 2 aromatic carbocycles. The Balaban J connectivity index is 1.56. The van der Waals surface area contributed by atoms with E-state index in [0.717, 1.165) is 11.1 Å². The predicted molar refractivity (Wildman–Crippen MR) is 101 cm³/mol. The highest BCUT2D eigenvalue weighted by Crippen LogP contribution is 2.23. The second-order valence-electron chi connectivity index (χ2n) is 5.76. The normalized spacial score (nSPS) is 10.5.